The Morgan fingerprint density at radius 2 is 2.10 bits per heavy atom. The van der Waals surface area contributed by atoms with Crippen LogP contribution in [-0.4, -0.2) is 30.1 Å². The third kappa shape index (κ3) is 3.60. The molecule has 114 valence electrons. The third-order valence-electron chi connectivity index (χ3n) is 3.30. The summed E-state index contributed by atoms with van der Waals surface area (Å²) < 4.78 is 28.8. The molecule has 2 N–H and O–H groups in total. The zero-order valence-electron chi connectivity index (χ0n) is 10.7. The molecule has 0 aliphatic heterocycles. The van der Waals surface area contributed by atoms with Crippen LogP contribution < -0.4 is 10.1 Å². The standard InChI is InChI=1S/C13H12ClF2NO4/c14-7-1-2-9(21-12(15)16)8(5-7)10(18)17-6-13(3-4-13)11(19)20/h1-2,5,12H,3-4,6H2,(H,17,18)(H,19,20). The van der Waals surface area contributed by atoms with Gasteiger partial charge in [-0.1, -0.05) is 11.6 Å². The molecular weight excluding hydrogens is 308 g/mol. The monoisotopic (exact) mass is 319 g/mol. The van der Waals surface area contributed by atoms with Crippen molar-refractivity contribution >= 4 is 23.5 Å². The molecular formula is C13H12ClF2NO4. The molecule has 0 aromatic heterocycles. The predicted octanol–water partition coefficient (Wildman–Crippen LogP) is 2.54. The Morgan fingerprint density at radius 3 is 2.62 bits per heavy atom. The minimum Gasteiger partial charge on any atom is -0.481 e. The van der Waals surface area contributed by atoms with E-state index < -0.39 is 23.9 Å². The molecule has 0 heterocycles. The maximum Gasteiger partial charge on any atom is 0.387 e. The van der Waals surface area contributed by atoms with Gasteiger partial charge in [0.2, 0.25) is 0 Å². The van der Waals surface area contributed by atoms with Crippen LogP contribution in [0.3, 0.4) is 0 Å². The highest BCUT2D eigenvalue weighted by atomic mass is 35.5. The molecule has 1 amide bonds. The number of benzene rings is 1. The fourth-order valence-electron chi connectivity index (χ4n) is 1.84. The van der Waals surface area contributed by atoms with E-state index in [1.807, 2.05) is 0 Å². The first-order valence-electron chi connectivity index (χ1n) is 6.10. The Kier molecular flexibility index (Phi) is 4.32. The molecule has 1 saturated carbocycles. The highest BCUT2D eigenvalue weighted by Gasteiger charge is 2.50. The lowest BCUT2D eigenvalue weighted by molar-refractivity contribution is -0.143. The summed E-state index contributed by atoms with van der Waals surface area (Å²) in [6.45, 7) is -3.14. The van der Waals surface area contributed by atoms with E-state index in [9.17, 15) is 18.4 Å². The lowest BCUT2D eigenvalue weighted by atomic mass is 10.1. The van der Waals surface area contributed by atoms with Crippen molar-refractivity contribution in [3.8, 4) is 5.75 Å². The number of rotatable bonds is 6. The lowest BCUT2D eigenvalue weighted by Crippen LogP contribution is -2.34. The van der Waals surface area contributed by atoms with Gasteiger partial charge >= 0.3 is 12.6 Å². The van der Waals surface area contributed by atoms with Gasteiger partial charge in [-0.05, 0) is 31.0 Å². The van der Waals surface area contributed by atoms with Crippen LogP contribution in [0, 0.1) is 5.41 Å². The molecule has 2 rings (SSSR count). The molecule has 0 atom stereocenters. The van der Waals surface area contributed by atoms with E-state index >= 15 is 0 Å². The molecule has 0 unspecified atom stereocenters. The van der Waals surface area contributed by atoms with Crippen molar-refractivity contribution in [1.29, 1.82) is 0 Å². The van der Waals surface area contributed by atoms with Crippen LogP contribution >= 0.6 is 11.6 Å². The molecule has 5 nitrogen and oxygen atoms in total. The molecule has 0 radical (unpaired) electrons. The zero-order valence-corrected chi connectivity index (χ0v) is 11.5. The number of ether oxygens (including phenoxy) is 1. The van der Waals surface area contributed by atoms with Gasteiger partial charge in [0.1, 0.15) is 5.75 Å². The quantitative estimate of drug-likeness (QED) is 0.845. The number of carbonyl (C=O) groups is 2. The van der Waals surface area contributed by atoms with E-state index in [1.165, 1.54) is 12.1 Å². The Bertz CT molecular complexity index is 575. The van der Waals surface area contributed by atoms with E-state index in [2.05, 4.69) is 10.1 Å². The number of hydrogen-bond acceptors (Lipinski definition) is 3. The molecule has 0 spiro atoms. The van der Waals surface area contributed by atoms with Gasteiger partial charge in [0.05, 0.1) is 11.0 Å². The summed E-state index contributed by atoms with van der Waals surface area (Å²) in [5.41, 5.74) is -1.11. The van der Waals surface area contributed by atoms with Crippen molar-refractivity contribution in [3.63, 3.8) is 0 Å². The SMILES string of the molecule is O=C(NCC1(C(=O)O)CC1)c1cc(Cl)ccc1OC(F)F. The first kappa shape index (κ1) is 15.5. The molecule has 0 saturated heterocycles. The molecule has 1 aliphatic carbocycles. The van der Waals surface area contributed by atoms with Gasteiger partial charge in [0.25, 0.3) is 5.91 Å². The molecule has 1 aliphatic rings. The van der Waals surface area contributed by atoms with Crippen LogP contribution in [-0.2, 0) is 4.79 Å². The lowest BCUT2D eigenvalue weighted by Gasteiger charge is -2.14. The van der Waals surface area contributed by atoms with Crippen LogP contribution in [0.1, 0.15) is 23.2 Å². The molecule has 1 fully saturated rings. The number of hydrogen-bond donors (Lipinski definition) is 2. The van der Waals surface area contributed by atoms with Gasteiger partial charge in [0.15, 0.2) is 0 Å². The van der Waals surface area contributed by atoms with Gasteiger partial charge in [0, 0.05) is 11.6 Å². The Hall–Kier alpha value is -1.89. The number of carbonyl (C=O) groups excluding carboxylic acids is 1. The smallest absolute Gasteiger partial charge is 0.387 e. The largest absolute Gasteiger partial charge is 0.481 e. The average molecular weight is 320 g/mol. The van der Waals surface area contributed by atoms with Crippen LogP contribution in [0.5, 0.6) is 5.75 Å². The van der Waals surface area contributed by atoms with Gasteiger partial charge in [-0.15, -0.1) is 0 Å². The van der Waals surface area contributed by atoms with Crippen molar-refractivity contribution in [3.05, 3.63) is 28.8 Å². The maximum atomic E-state index is 12.3. The summed E-state index contributed by atoms with van der Waals surface area (Å²) in [4.78, 5) is 23.0. The van der Waals surface area contributed by atoms with Crippen LogP contribution in [0.4, 0.5) is 8.78 Å². The number of aliphatic carboxylic acids is 1. The first-order valence-corrected chi connectivity index (χ1v) is 6.48. The van der Waals surface area contributed by atoms with E-state index in [4.69, 9.17) is 16.7 Å². The minimum absolute atomic E-state index is 0.0677. The second kappa shape index (κ2) is 5.85. The summed E-state index contributed by atoms with van der Waals surface area (Å²) in [5.74, 6) is -2.01. The fourth-order valence-corrected chi connectivity index (χ4v) is 2.01. The van der Waals surface area contributed by atoms with Crippen LogP contribution in [0.15, 0.2) is 18.2 Å². The van der Waals surface area contributed by atoms with E-state index in [0.717, 1.165) is 6.07 Å². The number of nitrogens with one attached hydrogen (secondary N) is 1. The third-order valence-corrected chi connectivity index (χ3v) is 3.53. The maximum absolute atomic E-state index is 12.3. The Labute approximate surface area is 123 Å². The van der Waals surface area contributed by atoms with Crippen molar-refractivity contribution in [2.75, 3.05) is 6.54 Å². The molecule has 0 bridgehead atoms. The normalized spacial score (nSPS) is 15.6. The average Bonchev–Trinajstić information content (AvgIpc) is 3.19. The number of carboxylic acids is 1. The van der Waals surface area contributed by atoms with Crippen LogP contribution in [0.25, 0.3) is 0 Å². The Balaban J connectivity index is 2.11. The van der Waals surface area contributed by atoms with Gasteiger partial charge in [-0.3, -0.25) is 9.59 Å². The van der Waals surface area contributed by atoms with Crippen molar-refractivity contribution in [2.45, 2.75) is 19.5 Å². The molecule has 1 aromatic rings. The van der Waals surface area contributed by atoms with Gasteiger partial charge < -0.3 is 15.2 Å². The number of amides is 1. The number of carboxylic acid groups (broad SMARTS) is 1. The topological polar surface area (TPSA) is 75.6 Å². The summed E-state index contributed by atoms with van der Waals surface area (Å²) in [7, 11) is 0. The fraction of sp³-hybridized carbons (Fsp3) is 0.385. The summed E-state index contributed by atoms with van der Waals surface area (Å²) >= 11 is 5.73. The van der Waals surface area contributed by atoms with Gasteiger partial charge in [-0.25, -0.2) is 0 Å². The van der Waals surface area contributed by atoms with Gasteiger partial charge in [-0.2, -0.15) is 8.78 Å². The van der Waals surface area contributed by atoms with E-state index in [0.29, 0.717) is 12.8 Å². The number of halogens is 3. The Morgan fingerprint density at radius 1 is 1.43 bits per heavy atom. The molecule has 1 aromatic carbocycles. The second-order valence-corrected chi connectivity index (χ2v) is 5.22. The second-order valence-electron chi connectivity index (χ2n) is 4.79. The summed E-state index contributed by atoms with van der Waals surface area (Å²) in [6, 6.07) is 3.66. The highest BCUT2D eigenvalue weighted by molar-refractivity contribution is 6.31. The van der Waals surface area contributed by atoms with Crippen molar-refractivity contribution < 1.29 is 28.2 Å². The van der Waals surface area contributed by atoms with Crippen molar-refractivity contribution in [2.24, 2.45) is 5.41 Å². The van der Waals surface area contributed by atoms with Crippen LogP contribution in [0.2, 0.25) is 5.02 Å². The molecule has 8 heteroatoms. The summed E-state index contributed by atoms with van der Waals surface area (Å²) in [5, 5.41) is 11.6. The minimum atomic E-state index is -3.08. The summed E-state index contributed by atoms with van der Waals surface area (Å²) in [6.07, 6.45) is 0.942. The van der Waals surface area contributed by atoms with E-state index in [1.54, 1.807) is 0 Å². The highest BCUT2D eigenvalue weighted by Crippen LogP contribution is 2.45. The molecule has 21 heavy (non-hydrogen) atoms. The zero-order chi connectivity index (χ0) is 15.6. The van der Waals surface area contributed by atoms with E-state index in [-0.39, 0.29) is 22.9 Å². The first-order chi connectivity index (χ1) is 9.84. The number of alkyl halides is 2. The predicted molar refractivity (Wildman–Crippen MR) is 69.7 cm³/mol. The van der Waals surface area contributed by atoms with Crippen molar-refractivity contribution in [1.82, 2.24) is 5.32 Å².